The average Bonchev–Trinajstić information content (AvgIpc) is 3.67. The molecule has 1 aliphatic carbocycles. The number of methoxy groups -OCH3 is 1. The zero-order valence-corrected chi connectivity index (χ0v) is 20.4. The number of hydrogen-bond donors (Lipinski definition) is 3. The summed E-state index contributed by atoms with van der Waals surface area (Å²) < 4.78 is 44.5. The number of hydrogen-bond acceptors (Lipinski definition) is 7. The van der Waals surface area contributed by atoms with Gasteiger partial charge in [-0.2, -0.15) is 13.2 Å². The quantitative estimate of drug-likeness (QED) is 0.261. The van der Waals surface area contributed by atoms with Crippen molar-refractivity contribution in [3.05, 3.63) is 53.9 Å². The van der Waals surface area contributed by atoms with Crippen LogP contribution in [0.3, 0.4) is 0 Å². The lowest BCUT2D eigenvalue weighted by molar-refractivity contribution is -0.137. The van der Waals surface area contributed by atoms with Crippen molar-refractivity contribution in [1.82, 2.24) is 10.6 Å². The molecule has 12 heteroatoms. The second-order valence-electron chi connectivity index (χ2n) is 8.98. The molecule has 200 valence electrons. The zero-order chi connectivity index (χ0) is 27.2. The van der Waals surface area contributed by atoms with Crippen LogP contribution in [-0.4, -0.2) is 56.3 Å². The van der Waals surface area contributed by atoms with Crippen molar-refractivity contribution in [2.45, 2.75) is 37.4 Å². The smallest absolute Gasteiger partial charge is 0.416 e. The molecule has 0 bridgehead atoms. The molecule has 2 aliphatic rings. The van der Waals surface area contributed by atoms with Crippen LogP contribution in [0.4, 0.5) is 18.9 Å². The Morgan fingerprint density at radius 3 is 2.49 bits per heavy atom. The molecule has 1 saturated carbocycles. The van der Waals surface area contributed by atoms with Crippen molar-refractivity contribution in [3.8, 4) is 0 Å². The molecule has 0 spiro atoms. The van der Waals surface area contributed by atoms with Gasteiger partial charge < -0.3 is 26.0 Å². The summed E-state index contributed by atoms with van der Waals surface area (Å²) in [5, 5.41) is 5.60. The number of esters is 1. The van der Waals surface area contributed by atoms with E-state index in [1.807, 2.05) is 0 Å². The fourth-order valence-corrected chi connectivity index (χ4v) is 4.17. The van der Waals surface area contributed by atoms with Gasteiger partial charge in [-0.05, 0) is 49.8 Å². The fourth-order valence-electron chi connectivity index (χ4n) is 4.17. The molecule has 1 aliphatic heterocycles. The van der Waals surface area contributed by atoms with Crippen LogP contribution >= 0.6 is 0 Å². The molecule has 4 N–H and O–H groups in total. The lowest BCUT2D eigenvalue weighted by atomic mass is 9.95. The van der Waals surface area contributed by atoms with E-state index in [1.165, 1.54) is 19.5 Å². The highest BCUT2D eigenvalue weighted by Crippen LogP contribution is 2.37. The largest absolute Gasteiger partial charge is 0.465 e. The molecule has 1 aromatic carbocycles. The zero-order valence-electron chi connectivity index (χ0n) is 20.4. The van der Waals surface area contributed by atoms with Crippen LogP contribution in [0, 0.1) is 5.92 Å². The highest BCUT2D eigenvalue weighted by molar-refractivity contribution is 6.13. The standard InChI is InChI=1S/C25H30F3N5O4/c1-3-30-15-17(13-29)21(34)32-24(8-9-24)23(36)31-14-16-6-10-33(11-7-16)20-12-18(25(26,27)28)4-5-19(20)22(35)37-2/h3-5,12-13,15-16H,1,6-11,14,29H2,2H3,(H,31,36)(H,32,34)/b17-13+,30-15?. The molecule has 0 radical (unpaired) electrons. The summed E-state index contributed by atoms with van der Waals surface area (Å²) in [7, 11) is 1.18. The Hall–Kier alpha value is -3.83. The van der Waals surface area contributed by atoms with Gasteiger partial charge >= 0.3 is 12.1 Å². The van der Waals surface area contributed by atoms with E-state index in [2.05, 4.69) is 22.2 Å². The van der Waals surface area contributed by atoms with Crippen LogP contribution in [-0.2, 0) is 20.5 Å². The Morgan fingerprint density at radius 1 is 1.27 bits per heavy atom. The molecule has 37 heavy (non-hydrogen) atoms. The maximum atomic E-state index is 13.3. The van der Waals surface area contributed by atoms with Crippen LogP contribution in [0.5, 0.6) is 0 Å². The van der Waals surface area contributed by atoms with Gasteiger partial charge in [0.25, 0.3) is 5.91 Å². The number of carbonyl (C=O) groups is 3. The Bertz CT molecular complexity index is 1100. The number of nitrogens with one attached hydrogen (secondary N) is 2. The molecule has 1 heterocycles. The van der Waals surface area contributed by atoms with Crippen LogP contribution in [0.2, 0.25) is 0 Å². The van der Waals surface area contributed by atoms with Crippen LogP contribution in [0.25, 0.3) is 0 Å². The van der Waals surface area contributed by atoms with Crippen LogP contribution in [0.15, 0.2) is 47.7 Å². The number of halogens is 3. The topological polar surface area (TPSA) is 126 Å². The van der Waals surface area contributed by atoms with Gasteiger partial charge in [0.2, 0.25) is 5.91 Å². The molecule has 1 saturated heterocycles. The Kier molecular flexibility index (Phi) is 8.61. The fraction of sp³-hybridized carbons (Fsp3) is 0.440. The summed E-state index contributed by atoms with van der Waals surface area (Å²) in [5.74, 6) is -1.45. The average molecular weight is 522 g/mol. The second-order valence-corrected chi connectivity index (χ2v) is 8.98. The first-order valence-electron chi connectivity index (χ1n) is 11.8. The third-order valence-electron chi connectivity index (χ3n) is 6.54. The lowest BCUT2D eigenvalue weighted by Crippen LogP contribution is -2.51. The monoisotopic (exact) mass is 521 g/mol. The number of anilines is 1. The van der Waals surface area contributed by atoms with E-state index in [9.17, 15) is 27.6 Å². The number of nitrogens with two attached hydrogens (primary N) is 1. The van der Waals surface area contributed by atoms with E-state index >= 15 is 0 Å². The number of ether oxygens (including phenoxy) is 1. The molecule has 0 aromatic heterocycles. The van der Waals surface area contributed by atoms with E-state index in [0.717, 1.165) is 24.4 Å². The van der Waals surface area contributed by atoms with Crippen molar-refractivity contribution in [2.75, 3.05) is 31.6 Å². The number of benzene rings is 1. The van der Waals surface area contributed by atoms with Crippen LogP contribution < -0.4 is 21.3 Å². The summed E-state index contributed by atoms with van der Waals surface area (Å²) in [6, 6.07) is 2.97. The van der Waals surface area contributed by atoms with Gasteiger partial charge in [0.15, 0.2) is 0 Å². The number of nitrogens with zero attached hydrogens (tertiary/aromatic N) is 2. The van der Waals surface area contributed by atoms with Crippen LogP contribution in [0.1, 0.15) is 41.6 Å². The van der Waals surface area contributed by atoms with Gasteiger partial charge in [-0.1, -0.05) is 6.58 Å². The van der Waals surface area contributed by atoms with Gasteiger partial charge in [-0.25, -0.2) is 4.79 Å². The molecule has 2 fully saturated rings. The summed E-state index contributed by atoms with van der Waals surface area (Å²) in [6.45, 7) is 4.59. The maximum Gasteiger partial charge on any atom is 0.416 e. The molecule has 3 rings (SSSR count). The summed E-state index contributed by atoms with van der Waals surface area (Å²) in [4.78, 5) is 42.9. The minimum atomic E-state index is -4.54. The highest BCUT2D eigenvalue weighted by Gasteiger charge is 2.51. The molecule has 1 aromatic rings. The Labute approximate surface area is 212 Å². The number of amides is 2. The van der Waals surface area contributed by atoms with E-state index in [1.54, 1.807) is 4.90 Å². The number of aliphatic imine (C=N–C) groups is 1. The first kappa shape index (κ1) is 27.8. The van der Waals surface area contributed by atoms with Gasteiger partial charge in [-0.3, -0.25) is 14.6 Å². The minimum absolute atomic E-state index is 0.0673. The van der Waals surface area contributed by atoms with E-state index in [-0.39, 0.29) is 28.6 Å². The minimum Gasteiger partial charge on any atom is -0.465 e. The highest BCUT2D eigenvalue weighted by atomic mass is 19.4. The van der Waals surface area contributed by atoms with E-state index in [4.69, 9.17) is 10.5 Å². The summed E-state index contributed by atoms with van der Waals surface area (Å²) in [5.41, 5.74) is 3.97. The number of carbonyl (C=O) groups excluding carboxylic acids is 3. The van der Waals surface area contributed by atoms with Gasteiger partial charge in [0.1, 0.15) is 5.54 Å². The molecular formula is C25H30F3N5O4. The number of piperidine rings is 1. The van der Waals surface area contributed by atoms with E-state index in [0.29, 0.717) is 45.3 Å². The Morgan fingerprint density at radius 2 is 1.95 bits per heavy atom. The molecule has 9 nitrogen and oxygen atoms in total. The summed E-state index contributed by atoms with van der Waals surface area (Å²) in [6.07, 6.45) is 1.23. The maximum absolute atomic E-state index is 13.3. The predicted octanol–water partition coefficient (Wildman–Crippen LogP) is 2.53. The first-order chi connectivity index (χ1) is 17.5. The molecule has 0 unspecified atom stereocenters. The molecule has 2 amide bonds. The first-order valence-corrected chi connectivity index (χ1v) is 11.8. The van der Waals surface area contributed by atoms with Gasteiger partial charge in [-0.15, -0.1) is 0 Å². The number of alkyl halides is 3. The second kappa shape index (κ2) is 11.5. The van der Waals surface area contributed by atoms with Gasteiger partial charge in [0, 0.05) is 38.2 Å². The SMILES string of the molecule is C=CN=C/C(=C\N)C(=O)NC1(C(=O)NCC2CCN(c3cc(C(F)(F)F)ccc3C(=O)OC)CC2)CC1. The normalized spacial score (nSPS) is 17.8. The number of rotatable bonds is 9. The Balaban J connectivity index is 1.58. The van der Waals surface area contributed by atoms with E-state index < -0.39 is 29.2 Å². The van der Waals surface area contributed by atoms with Crippen molar-refractivity contribution < 1.29 is 32.3 Å². The predicted molar refractivity (Wildman–Crippen MR) is 132 cm³/mol. The van der Waals surface area contributed by atoms with Crippen molar-refractivity contribution in [1.29, 1.82) is 0 Å². The lowest BCUT2D eigenvalue weighted by Gasteiger charge is -2.35. The molecular weight excluding hydrogens is 491 g/mol. The van der Waals surface area contributed by atoms with Gasteiger partial charge in [0.05, 0.1) is 29.5 Å². The van der Waals surface area contributed by atoms with Crippen molar-refractivity contribution in [3.63, 3.8) is 0 Å². The van der Waals surface area contributed by atoms with Crippen molar-refractivity contribution >= 4 is 29.7 Å². The third-order valence-corrected chi connectivity index (χ3v) is 6.54. The molecule has 0 atom stereocenters. The van der Waals surface area contributed by atoms with Crippen molar-refractivity contribution in [2.24, 2.45) is 16.6 Å². The third kappa shape index (κ3) is 6.69. The summed E-state index contributed by atoms with van der Waals surface area (Å²) >= 11 is 0.